The number of rotatable bonds is 7. The van der Waals surface area contributed by atoms with E-state index < -0.39 is 0 Å². The lowest BCUT2D eigenvalue weighted by atomic mass is 9.69. The van der Waals surface area contributed by atoms with E-state index in [0.29, 0.717) is 13.0 Å². The number of nitrogens with one attached hydrogen (secondary N) is 2. The van der Waals surface area contributed by atoms with Crippen LogP contribution in [0, 0.1) is 5.41 Å². The maximum Gasteiger partial charge on any atom is 0.220 e. The lowest BCUT2D eigenvalue weighted by molar-refractivity contribution is -0.122. The number of hydrogen-bond acceptors (Lipinski definition) is 2. The maximum atomic E-state index is 11.7. The van der Waals surface area contributed by atoms with Crippen LogP contribution in [0.2, 0.25) is 0 Å². The molecule has 0 radical (unpaired) electrons. The van der Waals surface area contributed by atoms with E-state index in [0.717, 1.165) is 32.2 Å². The molecule has 0 saturated heterocycles. The molecule has 1 aromatic heterocycles. The van der Waals surface area contributed by atoms with Crippen molar-refractivity contribution >= 4 is 5.91 Å². The quantitative estimate of drug-likeness (QED) is 0.686. The van der Waals surface area contributed by atoms with Crippen LogP contribution >= 0.6 is 0 Å². The van der Waals surface area contributed by atoms with E-state index >= 15 is 0 Å². The van der Waals surface area contributed by atoms with Gasteiger partial charge in [-0.1, -0.05) is 6.42 Å². The highest BCUT2D eigenvalue weighted by molar-refractivity contribution is 5.75. The zero-order valence-corrected chi connectivity index (χ0v) is 10.9. The van der Waals surface area contributed by atoms with Crippen molar-refractivity contribution in [3.8, 4) is 0 Å². The first-order valence-corrected chi connectivity index (χ1v) is 6.83. The molecule has 1 fully saturated rings. The van der Waals surface area contributed by atoms with Crippen LogP contribution in [0.5, 0.6) is 0 Å². The topological polar surface area (TPSA) is 70.9 Å². The smallest absolute Gasteiger partial charge is 0.220 e. The van der Waals surface area contributed by atoms with Crippen LogP contribution in [0.25, 0.3) is 0 Å². The van der Waals surface area contributed by atoms with Gasteiger partial charge < -0.3 is 16.0 Å². The SMILES string of the molecule is NCC1(CNC(=O)CCCc2ccc[nH]2)CCC1. The molecule has 1 aliphatic rings. The summed E-state index contributed by atoms with van der Waals surface area (Å²) in [5.74, 6) is 0.154. The monoisotopic (exact) mass is 249 g/mol. The Morgan fingerprint density at radius 2 is 2.33 bits per heavy atom. The number of aryl methyl sites for hydroxylation is 1. The van der Waals surface area contributed by atoms with Crippen molar-refractivity contribution < 1.29 is 4.79 Å². The van der Waals surface area contributed by atoms with Crippen molar-refractivity contribution in [2.24, 2.45) is 11.1 Å². The van der Waals surface area contributed by atoms with Gasteiger partial charge in [0.2, 0.25) is 5.91 Å². The van der Waals surface area contributed by atoms with E-state index in [1.54, 1.807) is 0 Å². The molecule has 2 rings (SSSR count). The zero-order valence-electron chi connectivity index (χ0n) is 10.9. The third kappa shape index (κ3) is 3.35. The summed E-state index contributed by atoms with van der Waals surface area (Å²) >= 11 is 0. The van der Waals surface area contributed by atoms with Gasteiger partial charge in [0.1, 0.15) is 0 Å². The van der Waals surface area contributed by atoms with Gasteiger partial charge >= 0.3 is 0 Å². The fraction of sp³-hybridized carbons (Fsp3) is 0.643. The van der Waals surface area contributed by atoms with Crippen molar-refractivity contribution in [3.05, 3.63) is 24.0 Å². The molecule has 1 heterocycles. The number of aromatic amines is 1. The molecule has 0 aromatic carbocycles. The fourth-order valence-electron chi connectivity index (χ4n) is 2.47. The van der Waals surface area contributed by atoms with Crippen LogP contribution in [0.15, 0.2) is 18.3 Å². The average Bonchev–Trinajstić information content (AvgIpc) is 2.81. The molecule has 18 heavy (non-hydrogen) atoms. The number of carbonyl (C=O) groups is 1. The lowest BCUT2D eigenvalue weighted by Gasteiger charge is -2.41. The van der Waals surface area contributed by atoms with Gasteiger partial charge in [-0.05, 0) is 49.8 Å². The molecule has 0 unspecified atom stereocenters. The molecule has 4 heteroatoms. The predicted molar refractivity (Wildman–Crippen MR) is 72.1 cm³/mol. The number of hydrogen-bond donors (Lipinski definition) is 3. The molecule has 1 saturated carbocycles. The summed E-state index contributed by atoms with van der Waals surface area (Å²) in [4.78, 5) is 14.9. The van der Waals surface area contributed by atoms with E-state index in [2.05, 4.69) is 16.4 Å². The normalized spacial score (nSPS) is 17.2. The summed E-state index contributed by atoms with van der Waals surface area (Å²) in [5.41, 5.74) is 7.16. The summed E-state index contributed by atoms with van der Waals surface area (Å²) in [7, 11) is 0. The molecule has 100 valence electrons. The number of nitrogens with two attached hydrogens (primary N) is 1. The Labute approximate surface area is 108 Å². The van der Waals surface area contributed by atoms with Gasteiger partial charge in [-0.3, -0.25) is 4.79 Å². The molecule has 1 aromatic rings. The van der Waals surface area contributed by atoms with Crippen LogP contribution in [0.4, 0.5) is 0 Å². The number of amides is 1. The average molecular weight is 249 g/mol. The summed E-state index contributed by atoms with van der Waals surface area (Å²) < 4.78 is 0. The first-order chi connectivity index (χ1) is 8.74. The minimum atomic E-state index is 0.154. The predicted octanol–water partition coefficient (Wildman–Crippen LogP) is 1.58. The Kier molecular flexibility index (Phi) is 4.42. The number of aromatic nitrogens is 1. The van der Waals surface area contributed by atoms with Crippen LogP contribution < -0.4 is 11.1 Å². The second kappa shape index (κ2) is 6.05. The molecule has 1 amide bonds. The molecule has 0 atom stereocenters. The van der Waals surface area contributed by atoms with E-state index in [1.165, 1.54) is 12.1 Å². The molecule has 0 aliphatic heterocycles. The van der Waals surface area contributed by atoms with E-state index in [4.69, 9.17) is 5.73 Å². The molecule has 4 nitrogen and oxygen atoms in total. The number of H-pyrrole nitrogens is 1. The maximum absolute atomic E-state index is 11.7. The number of carbonyl (C=O) groups excluding carboxylic acids is 1. The van der Waals surface area contributed by atoms with Gasteiger partial charge in [0, 0.05) is 24.9 Å². The van der Waals surface area contributed by atoms with Gasteiger partial charge in [-0.15, -0.1) is 0 Å². The Morgan fingerprint density at radius 1 is 1.50 bits per heavy atom. The summed E-state index contributed by atoms with van der Waals surface area (Å²) in [6, 6.07) is 4.03. The van der Waals surface area contributed by atoms with Crippen molar-refractivity contribution in [1.29, 1.82) is 0 Å². The summed E-state index contributed by atoms with van der Waals surface area (Å²) in [5, 5.41) is 3.03. The second-order valence-electron chi connectivity index (χ2n) is 5.38. The van der Waals surface area contributed by atoms with E-state index in [1.807, 2.05) is 12.3 Å². The Morgan fingerprint density at radius 3 is 2.89 bits per heavy atom. The fourth-order valence-corrected chi connectivity index (χ4v) is 2.47. The molecule has 1 aliphatic carbocycles. The molecule has 0 spiro atoms. The molecular formula is C14H23N3O. The van der Waals surface area contributed by atoms with Crippen LogP contribution in [-0.4, -0.2) is 24.0 Å². The molecular weight excluding hydrogens is 226 g/mol. The standard InChI is InChI=1S/C14H23N3O/c15-10-14(7-3-8-14)11-17-13(18)6-1-4-12-5-2-9-16-12/h2,5,9,16H,1,3-4,6-8,10-11,15H2,(H,17,18). The third-order valence-electron chi connectivity index (χ3n) is 4.02. The van der Waals surface area contributed by atoms with E-state index in [-0.39, 0.29) is 11.3 Å². The van der Waals surface area contributed by atoms with Crippen LogP contribution in [0.3, 0.4) is 0 Å². The minimum absolute atomic E-state index is 0.154. The van der Waals surface area contributed by atoms with Gasteiger partial charge in [0.25, 0.3) is 0 Å². The van der Waals surface area contributed by atoms with Gasteiger partial charge in [0.15, 0.2) is 0 Å². The minimum Gasteiger partial charge on any atom is -0.365 e. The Bertz CT molecular complexity index is 363. The zero-order chi connectivity index (χ0) is 12.8. The highest BCUT2D eigenvalue weighted by atomic mass is 16.1. The second-order valence-corrected chi connectivity index (χ2v) is 5.38. The highest BCUT2D eigenvalue weighted by Crippen LogP contribution is 2.39. The van der Waals surface area contributed by atoms with Crippen LogP contribution in [0.1, 0.15) is 37.8 Å². The summed E-state index contributed by atoms with van der Waals surface area (Å²) in [6.45, 7) is 1.45. The summed E-state index contributed by atoms with van der Waals surface area (Å²) in [6.07, 6.45) is 7.90. The largest absolute Gasteiger partial charge is 0.365 e. The molecule has 4 N–H and O–H groups in total. The third-order valence-corrected chi connectivity index (χ3v) is 4.02. The first-order valence-electron chi connectivity index (χ1n) is 6.83. The first kappa shape index (κ1) is 13.1. The van der Waals surface area contributed by atoms with Crippen molar-refractivity contribution in [2.45, 2.75) is 38.5 Å². The van der Waals surface area contributed by atoms with Gasteiger partial charge in [-0.25, -0.2) is 0 Å². The molecule has 0 bridgehead atoms. The lowest BCUT2D eigenvalue weighted by Crippen LogP contribution is -2.46. The Hall–Kier alpha value is -1.29. The Balaban J connectivity index is 1.60. The van der Waals surface area contributed by atoms with Crippen molar-refractivity contribution in [3.63, 3.8) is 0 Å². The van der Waals surface area contributed by atoms with Crippen LogP contribution in [-0.2, 0) is 11.2 Å². The van der Waals surface area contributed by atoms with E-state index in [9.17, 15) is 4.79 Å². The van der Waals surface area contributed by atoms with Gasteiger partial charge in [-0.2, -0.15) is 0 Å². The van der Waals surface area contributed by atoms with Crippen molar-refractivity contribution in [1.82, 2.24) is 10.3 Å². The van der Waals surface area contributed by atoms with Crippen molar-refractivity contribution in [2.75, 3.05) is 13.1 Å². The van der Waals surface area contributed by atoms with Gasteiger partial charge in [0.05, 0.1) is 0 Å². The highest BCUT2D eigenvalue weighted by Gasteiger charge is 2.35.